The van der Waals surface area contributed by atoms with Gasteiger partial charge in [-0.1, -0.05) is 11.6 Å². The molecular formula is C19H19ClN2O2. The fourth-order valence-corrected chi connectivity index (χ4v) is 3.70. The van der Waals surface area contributed by atoms with Crippen molar-refractivity contribution in [1.29, 1.82) is 0 Å². The molecular weight excluding hydrogens is 324 g/mol. The summed E-state index contributed by atoms with van der Waals surface area (Å²) in [6, 6.07) is 15.1. The summed E-state index contributed by atoms with van der Waals surface area (Å²) in [5.74, 6) is 2.10. The Morgan fingerprint density at radius 2 is 1.71 bits per heavy atom. The van der Waals surface area contributed by atoms with Gasteiger partial charge in [0, 0.05) is 22.7 Å². The molecule has 0 radical (unpaired) electrons. The maximum absolute atomic E-state index is 12.4. The molecule has 1 saturated carbocycles. The second-order valence-corrected chi connectivity index (χ2v) is 6.95. The molecule has 124 valence electrons. The van der Waals surface area contributed by atoms with Crippen molar-refractivity contribution in [3.05, 3.63) is 59.1 Å². The van der Waals surface area contributed by atoms with E-state index in [4.69, 9.17) is 16.3 Å². The Hall–Kier alpha value is -2.04. The summed E-state index contributed by atoms with van der Waals surface area (Å²) in [4.78, 5) is 12.4. The number of fused-ring (bicyclic) bond motifs is 2. The quantitative estimate of drug-likeness (QED) is 0.892. The van der Waals surface area contributed by atoms with Gasteiger partial charge in [-0.15, -0.1) is 0 Å². The minimum Gasteiger partial charge on any atom is -0.457 e. The lowest BCUT2D eigenvalue weighted by atomic mass is 10.1. The summed E-state index contributed by atoms with van der Waals surface area (Å²) < 4.78 is 5.74. The SMILES string of the molecule is O=C(NC1CC2CNC1C2)c1ccc(Oc2ccc(Cl)cc2)cc1. The van der Waals surface area contributed by atoms with Gasteiger partial charge < -0.3 is 15.4 Å². The number of nitrogens with one attached hydrogen (secondary N) is 2. The number of carbonyl (C=O) groups is 1. The Labute approximate surface area is 146 Å². The Morgan fingerprint density at radius 1 is 1.04 bits per heavy atom. The smallest absolute Gasteiger partial charge is 0.251 e. The number of halogens is 1. The molecule has 24 heavy (non-hydrogen) atoms. The third kappa shape index (κ3) is 3.25. The summed E-state index contributed by atoms with van der Waals surface area (Å²) in [5.41, 5.74) is 0.654. The van der Waals surface area contributed by atoms with Gasteiger partial charge in [0.05, 0.1) is 0 Å². The summed E-state index contributed by atoms with van der Waals surface area (Å²) in [6.45, 7) is 1.09. The molecule has 2 bridgehead atoms. The number of benzene rings is 2. The number of amides is 1. The summed E-state index contributed by atoms with van der Waals surface area (Å²) in [6.07, 6.45) is 2.26. The number of carbonyl (C=O) groups excluding carboxylic acids is 1. The van der Waals surface area contributed by atoms with Gasteiger partial charge in [0.25, 0.3) is 5.91 Å². The number of piperidine rings is 1. The average Bonchev–Trinajstić information content (AvgIpc) is 3.20. The highest BCUT2D eigenvalue weighted by atomic mass is 35.5. The second kappa shape index (κ2) is 6.46. The highest BCUT2D eigenvalue weighted by Crippen LogP contribution is 2.31. The van der Waals surface area contributed by atoms with Gasteiger partial charge in [-0.2, -0.15) is 0 Å². The molecule has 2 fully saturated rings. The zero-order chi connectivity index (χ0) is 16.5. The topological polar surface area (TPSA) is 50.4 Å². The van der Waals surface area contributed by atoms with E-state index in [0.717, 1.165) is 18.9 Å². The van der Waals surface area contributed by atoms with Crippen molar-refractivity contribution >= 4 is 17.5 Å². The van der Waals surface area contributed by atoms with Crippen LogP contribution in [0.1, 0.15) is 23.2 Å². The van der Waals surface area contributed by atoms with Crippen molar-refractivity contribution in [2.75, 3.05) is 6.54 Å². The molecule has 1 saturated heterocycles. The van der Waals surface area contributed by atoms with Gasteiger partial charge in [-0.25, -0.2) is 0 Å². The minimum absolute atomic E-state index is 0.0209. The lowest BCUT2D eigenvalue weighted by Gasteiger charge is -2.24. The molecule has 1 heterocycles. The average molecular weight is 343 g/mol. The third-order valence-electron chi connectivity index (χ3n) is 4.81. The van der Waals surface area contributed by atoms with Crippen LogP contribution in [0.5, 0.6) is 11.5 Å². The fraction of sp³-hybridized carbons (Fsp3) is 0.316. The van der Waals surface area contributed by atoms with E-state index in [1.54, 1.807) is 24.3 Å². The third-order valence-corrected chi connectivity index (χ3v) is 5.06. The molecule has 3 atom stereocenters. The molecule has 4 rings (SSSR count). The van der Waals surface area contributed by atoms with Crippen LogP contribution in [-0.2, 0) is 0 Å². The van der Waals surface area contributed by atoms with E-state index in [9.17, 15) is 4.79 Å². The molecule has 2 aliphatic rings. The van der Waals surface area contributed by atoms with Crippen LogP contribution in [0.3, 0.4) is 0 Å². The molecule has 0 aromatic heterocycles. The first kappa shape index (κ1) is 15.5. The first-order valence-electron chi connectivity index (χ1n) is 8.25. The zero-order valence-corrected chi connectivity index (χ0v) is 13.9. The zero-order valence-electron chi connectivity index (χ0n) is 13.2. The summed E-state index contributed by atoms with van der Waals surface area (Å²) in [5, 5.41) is 7.28. The Kier molecular flexibility index (Phi) is 4.17. The number of hydrogen-bond acceptors (Lipinski definition) is 3. The first-order chi connectivity index (χ1) is 11.7. The molecule has 4 nitrogen and oxygen atoms in total. The van der Waals surface area contributed by atoms with E-state index in [1.807, 2.05) is 24.3 Å². The van der Waals surface area contributed by atoms with Crippen molar-refractivity contribution in [3.63, 3.8) is 0 Å². The summed E-state index contributed by atoms with van der Waals surface area (Å²) in [7, 11) is 0. The van der Waals surface area contributed by atoms with E-state index in [2.05, 4.69) is 10.6 Å². The van der Waals surface area contributed by atoms with Crippen LogP contribution in [0.4, 0.5) is 0 Å². The monoisotopic (exact) mass is 342 g/mol. The van der Waals surface area contributed by atoms with Crippen molar-refractivity contribution in [1.82, 2.24) is 10.6 Å². The predicted molar refractivity (Wildman–Crippen MR) is 93.7 cm³/mol. The van der Waals surface area contributed by atoms with Crippen molar-refractivity contribution in [2.45, 2.75) is 24.9 Å². The number of rotatable bonds is 4. The van der Waals surface area contributed by atoms with Crippen LogP contribution in [0.2, 0.25) is 5.02 Å². The second-order valence-electron chi connectivity index (χ2n) is 6.51. The molecule has 1 aliphatic heterocycles. The van der Waals surface area contributed by atoms with Gasteiger partial charge >= 0.3 is 0 Å². The molecule has 2 N–H and O–H groups in total. The number of hydrogen-bond donors (Lipinski definition) is 2. The van der Waals surface area contributed by atoms with Gasteiger partial charge in [0.2, 0.25) is 0 Å². The molecule has 0 spiro atoms. The highest BCUT2D eigenvalue weighted by molar-refractivity contribution is 6.30. The van der Waals surface area contributed by atoms with E-state index < -0.39 is 0 Å². The normalized spacial score (nSPS) is 24.8. The van der Waals surface area contributed by atoms with Crippen LogP contribution in [0, 0.1) is 5.92 Å². The first-order valence-corrected chi connectivity index (χ1v) is 8.63. The van der Waals surface area contributed by atoms with Gasteiger partial charge in [-0.05, 0) is 73.8 Å². The van der Waals surface area contributed by atoms with Crippen molar-refractivity contribution in [2.24, 2.45) is 5.92 Å². The van der Waals surface area contributed by atoms with Gasteiger partial charge in [0.1, 0.15) is 11.5 Å². The van der Waals surface area contributed by atoms with E-state index >= 15 is 0 Å². The van der Waals surface area contributed by atoms with E-state index in [0.29, 0.717) is 28.1 Å². The molecule has 3 unspecified atom stereocenters. The van der Waals surface area contributed by atoms with Crippen LogP contribution in [0.15, 0.2) is 48.5 Å². The lowest BCUT2D eigenvalue weighted by molar-refractivity contribution is 0.0928. The standard InChI is InChI=1S/C19H19ClN2O2/c20-14-3-7-16(8-4-14)24-15-5-1-13(2-6-15)19(23)22-18-10-12-9-17(18)21-11-12/h1-8,12,17-18,21H,9-11H2,(H,22,23). The van der Waals surface area contributed by atoms with E-state index in [1.165, 1.54) is 6.42 Å². The lowest BCUT2D eigenvalue weighted by Crippen LogP contribution is -2.47. The maximum atomic E-state index is 12.4. The molecule has 1 aliphatic carbocycles. The molecule has 2 aromatic rings. The fourth-order valence-electron chi connectivity index (χ4n) is 3.58. The Balaban J connectivity index is 1.38. The maximum Gasteiger partial charge on any atom is 0.251 e. The molecule has 5 heteroatoms. The van der Waals surface area contributed by atoms with Gasteiger partial charge in [0.15, 0.2) is 0 Å². The Morgan fingerprint density at radius 3 is 2.29 bits per heavy atom. The predicted octanol–water partition coefficient (Wildman–Crippen LogP) is 3.61. The largest absolute Gasteiger partial charge is 0.457 e. The van der Waals surface area contributed by atoms with Gasteiger partial charge in [-0.3, -0.25) is 4.79 Å². The minimum atomic E-state index is -0.0209. The molecule has 1 amide bonds. The van der Waals surface area contributed by atoms with Crippen molar-refractivity contribution < 1.29 is 9.53 Å². The molecule has 2 aromatic carbocycles. The summed E-state index contributed by atoms with van der Waals surface area (Å²) >= 11 is 5.86. The van der Waals surface area contributed by atoms with Crippen LogP contribution in [0.25, 0.3) is 0 Å². The highest BCUT2D eigenvalue weighted by Gasteiger charge is 2.39. The Bertz CT molecular complexity index is 730. The number of ether oxygens (including phenoxy) is 1. The van der Waals surface area contributed by atoms with Crippen LogP contribution in [-0.4, -0.2) is 24.5 Å². The van der Waals surface area contributed by atoms with Crippen LogP contribution >= 0.6 is 11.6 Å². The van der Waals surface area contributed by atoms with Crippen molar-refractivity contribution in [3.8, 4) is 11.5 Å². The van der Waals surface area contributed by atoms with E-state index in [-0.39, 0.29) is 11.9 Å². The van der Waals surface area contributed by atoms with Crippen LogP contribution < -0.4 is 15.4 Å².